The molecule has 4 rings (SSSR count). The number of methoxy groups -OCH3 is 1. The number of piperidine rings is 1. The minimum atomic E-state index is -0.408. The van der Waals surface area contributed by atoms with Crippen molar-refractivity contribution in [1.82, 2.24) is 25.2 Å². The number of nitrogens with zero attached hydrogens (tertiary/aromatic N) is 4. The molecule has 2 aliphatic rings. The average molecular weight is 383 g/mol. The first kappa shape index (κ1) is 18.6. The third kappa shape index (κ3) is 3.77. The van der Waals surface area contributed by atoms with Crippen LogP contribution >= 0.6 is 0 Å². The molecule has 0 radical (unpaired) electrons. The van der Waals surface area contributed by atoms with Gasteiger partial charge < -0.3 is 10.1 Å². The first-order valence-electron chi connectivity index (χ1n) is 9.78. The van der Waals surface area contributed by atoms with Crippen molar-refractivity contribution in [3.63, 3.8) is 0 Å². The molecule has 1 atom stereocenters. The molecule has 2 aromatic rings. The van der Waals surface area contributed by atoms with Crippen LogP contribution in [-0.4, -0.2) is 57.9 Å². The Bertz CT molecular complexity index is 841. The predicted molar refractivity (Wildman–Crippen MR) is 102 cm³/mol. The fourth-order valence-electron chi connectivity index (χ4n) is 3.65. The fraction of sp³-hybridized carbons (Fsp3) is 0.500. The van der Waals surface area contributed by atoms with Gasteiger partial charge in [0, 0.05) is 12.6 Å². The lowest BCUT2D eigenvalue weighted by Crippen LogP contribution is -2.47. The van der Waals surface area contributed by atoms with E-state index in [4.69, 9.17) is 4.74 Å². The molecule has 8 heteroatoms. The van der Waals surface area contributed by atoms with Crippen molar-refractivity contribution < 1.29 is 14.3 Å². The highest BCUT2D eigenvalue weighted by Crippen LogP contribution is 2.32. The lowest BCUT2D eigenvalue weighted by atomic mass is 9.98. The quantitative estimate of drug-likeness (QED) is 0.760. The van der Waals surface area contributed by atoms with Gasteiger partial charge in [-0.2, -0.15) is 0 Å². The molecule has 1 N–H and O–H groups in total. The molecule has 0 spiro atoms. The summed E-state index contributed by atoms with van der Waals surface area (Å²) in [6, 6.07) is 9.73. The van der Waals surface area contributed by atoms with E-state index in [1.165, 1.54) is 12.0 Å². The Labute approximate surface area is 163 Å². The van der Waals surface area contributed by atoms with Gasteiger partial charge in [0.05, 0.1) is 19.6 Å². The van der Waals surface area contributed by atoms with Crippen molar-refractivity contribution in [1.29, 1.82) is 0 Å². The van der Waals surface area contributed by atoms with E-state index in [1.54, 1.807) is 4.68 Å². The lowest BCUT2D eigenvalue weighted by molar-refractivity contribution is -0.133. The van der Waals surface area contributed by atoms with Gasteiger partial charge in [-0.25, -0.2) is 4.68 Å². The zero-order valence-electron chi connectivity index (χ0n) is 16.0. The van der Waals surface area contributed by atoms with E-state index in [2.05, 4.69) is 15.6 Å². The van der Waals surface area contributed by atoms with E-state index in [-0.39, 0.29) is 29.4 Å². The van der Waals surface area contributed by atoms with Crippen LogP contribution in [0.4, 0.5) is 0 Å². The molecular weight excluding hydrogens is 358 g/mol. The van der Waals surface area contributed by atoms with E-state index in [1.807, 2.05) is 30.3 Å². The predicted octanol–water partition coefficient (Wildman–Crippen LogP) is 1.47. The summed E-state index contributed by atoms with van der Waals surface area (Å²) in [5, 5.41) is 11.4. The third-order valence-corrected chi connectivity index (χ3v) is 5.28. The highest BCUT2D eigenvalue weighted by atomic mass is 16.5. The molecule has 1 aliphatic carbocycles. The summed E-state index contributed by atoms with van der Waals surface area (Å²) >= 11 is 0. The van der Waals surface area contributed by atoms with E-state index in [9.17, 15) is 9.59 Å². The number of hydrogen-bond donors (Lipinski definition) is 1. The molecule has 1 aliphatic heterocycles. The summed E-state index contributed by atoms with van der Waals surface area (Å²) in [4.78, 5) is 27.7. The number of carbonyl (C=O) groups excluding carboxylic acids is 2. The van der Waals surface area contributed by atoms with Crippen LogP contribution in [0.3, 0.4) is 0 Å². The highest BCUT2D eigenvalue weighted by molar-refractivity contribution is 6.06. The maximum atomic E-state index is 13.2. The Balaban J connectivity index is 1.58. The van der Waals surface area contributed by atoms with Crippen LogP contribution in [0.2, 0.25) is 0 Å². The SMILES string of the molecule is COc1c(C(=O)N(C(=O)C2CCCNC2)C2CC2)nnn1Cc1ccccc1. The van der Waals surface area contributed by atoms with Crippen LogP contribution in [0.5, 0.6) is 5.88 Å². The molecule has 2 fully saturated rings. The molecule has 1 saturated carbocycles. The lowest BCUT2D eigenvalue weighted by Gasteiger charge is -2.28. The second kappa shape index (κ2) is 8.10. The maximum Gasteiger partial charge on any atom is 0.286 e. The second-order valence-electron chi connectivity index (χ2n) is 7.38. The Morgan fingerprint density at radius 3 is 2.68 bits per heavy atom. The molecule has 1 aromatic heterocycles. The summed E-state index contributed by atoms with van der Waals surface area (Å²) < 4.78 is 7.01. The molecular formula is C20H25N5O3. The van der Waals surface area contributed by atoms with E-state index >= 15 is 0 Å². The van der Waals surface area contributed by atoms with E-state index < -0.39 is 5.91 Å². The summed E-state index contributed by atoms with van der Waals surface area (Å²) in [6.45, 7) is 1.98. The molecule has 1 unspecified atom stereocenters. The van der Waals surface area contributed by atoms with Crippen molar-refractivity contribution in [2.45, 2.75) is 38.3 Å². The molecule has 148 valence electrons. The monoisotopic (exact) mass is 383 g/mol. The smallest absolute Gasteiger partial charge is 0.286 e. The van der Waals surface area contributed by atoms with Gasteiger partial charge in [-0.05, 0) is 37.8 Å². The first-order valence-corrected chi connectivity index (χ1v) is 9.78. The van der Waals surface area contributed by atoms with Gasteiger partial charge in [0.1, 0.15) is 0 Å². The number of hydrogen-bond acceptors (Lipinski definition) is 6. The van der Waals surface area contributed by atoms with Crippen molar-refractivity contribution in [3.8, 4) is 5.88 Å². The zero-order valence-corrected chi connectivity index (χ0v) is 16.0. The molecule has 1 saturated heterocycles. The standard InChI is InChI=1S/C20H25N5O3/c1-28-20-17(22-23-24(20)13-14-6-3-2-4-7-14)19(27)25(16-9-10-16)18(26)15-8-5-11-21-12-15/h2-4,6-7,15-16,21H,5,8-13H2,1H3. The normalized spacial score (nSPS) is 19.2. The van der Waals surface area contributed by atoms with Gasteiger partial charge in [-0.1, -0.05) is 35.5 Å². The third-order valence-electron chi connectivity index (χ3n) is 5.28. The van der Waals surface area contributed by atoms with Crippen LogP contribution in [-0.2, 0) is 11.3 Å². The number of ether oxygens (including phenoxy) is 1. The fourth-order valence-corrected chi connectivity index (χ4v) is 3.65. The number of aromatic nitrogens is 3. The summed E-state index contributed by atoms with van der Waals surface area (Å²) in [5.74, 6) is -0.397. The van der Waals surface area contributed by atoms with Crippen molar-refractivity contribution in [2.75, 3.05) is 20.2 Å². The Morgan fingerprint density at radius 1 is 1.25 bits per heavy atom. The summed E-state index contributed by atoms with van der Waals surface area (Å²) in [5.41, 5.74) is 1.12. The van der Waals surface area contributed by atoms with Crippen molar-refractivity contribution >= 4 is 11.8 Å². The van der Waals surface area contributed by atoms with Crippen molar-refractivity contribution in [2.24, 2.45) is 5.92 Å². The van der Waals surface area contributed by atoms with Gasteiger partial charge in [-0.3, -0.25) is 14.5 Å². The zero-order chi connectivity index (χ0) is 19.5. The van der Waals surface area contributed by atoms with Crippen LogP contribution < -0.4 is 10.1 Å². The number of carbonyl (C=O) groups is 2. The minimum absolute atomic E-state index is 0.0362. The molecule has 28 heavy (non-hydrogen) atoms. The Hall–Kier alpha value is -2.74. The average Bonchev–Trinajstić information content (AvgIpc) is 3.49. The van der Waals surface area contributed by atoms with Crippen LogP contribution in [0.15, 0.2) is 30.3 Å². The van der Waals surface area contributed by atoms with Crippen LogP contribution in [0, 0.1) is 5.92 Å². The Kier molecular flexibility index (Phi) is 5.38. The molecule has 2 amide bonds. The molecule has 0 bridgehead atoms. The molecule has 8 nitrogen and oxygen atoms in total. The highest BCUT2D eigenvalue weighted by Gasteiger charge is 2.42. The molecule has 2 heterocycles. The van der Waals surface area contributed by atoms with Gasteiger partial charge in [0.15, 0.2) is 0 Å². The summed E-state index contributed by atoms with van der Waals surface area (Å²) in [6.07, 6.45) is 3.44. The number of benzene rings is 1. The van der Waals surface area contributed by atoms with E-state index in [0.717, 1.165) is 37.8 Å². The van der Waals surface area contributed by atoms with Gasteiger partial charge in [0.25, 0.3) is 5.91 Å². The van der Waals surface area contributed by atoms with Crippen molar-refractivity contribution in [3.05, 3.63) is 41.6 Å². The maximum absolute atomic E-state index is 13.2. The Morgan fingerprint density at radius 2 is 2.04 bits per heavy atom. The largest absolute Gasteiger partial charge is 0.479 e. The van der Waals surface area contributed by atoms with E-state index in [0.29, 0.717) is 13.1 Å². The number of rotatable bonds is 6. The van der Waals surface area contributed by atoms with Gasteiger partial charge in [-0.15, -0.1) is 5.10 Å². The van der Waals surface area contributed by atoms with Crippen LogP contribution in [0.25, 0.3) is 0 Å². The minimum Gasteiger partial charge on any atom is -0.479 e. The second-order valence-corrected chi connectivity index (χ2v) is 7.38. The summed E-state index contributed by atoms with van der Waals surface area (Å²) in [7, 11) is 1.49. The molecule has 1 aromatic carbocycles. The first-order chi connectivity index (χ1) is 13.7. The number of amides is 2. The number of nitrogens with one attached hydrogen (secondary N) is 1. The van der Waals surface area contributed by atoms with Gasteiger partial charge in [0.2, 0.25) is 17.5 Å². The van der Waals surface area contributed by atoms with Crippen LogP contribution in [0.1, 0.15) is 41.7 Å². The number of imide groups is 1. The van der Waals surface area contributed by atoms with Gasteiger partial charge >= 0.3 is 0 Å². The topological polar surface area (TPSA) is 89.3 Å².